The molecule has 0 atom stereocenters. The van der Waals surface area contributed by atoms with Gasteiger partial charge in [0.15, 0.2) is 0 Å². The molecule has 0 N–H and O–H groups in total. The van der Waals surface area contributed by atoms with Crippen LogP contribution in [-0.4, -0.2) is 0 Å². The van der Waals surface area contributed by atoms with E-state index in [-0.39, 0.29) is 29.1 Å². The Kier molecular flexibility index (Phi) is 14.8. The van der Waals surface area contributed by atoms with Crippen LogP contribution in [0.2, 0.25) is 0 Å². The number of allylic oxidation sites excluding steroid dienone is 1. The van der Waals surface area contributed by atoms with E-state index < -0.39 is 0 Å². The molecule has 0 radical (unpaired) electrons. The molecule has 0 aromatic heterocycles. The van der Waals surface area contributed by atoms with E-state index in [0.717, 1.165) is 0 Å². The first-order valence-electron chi connectivity index (χ1n) is 7.57. The minimum Gasteiger partial charge on any atom is -0.518 e. The fourth-order valence-corrected chi connectivity index (χ4v) is 2.27. The van der Waals surface area contributed by atoms with Crippen LogP contribution in [0.1, 0.15) is 51.4 Å². The van der Waals surface area contributed by atoms with Crippen molar-refractivity contribution in [2.75, 3.05) is 0 Å². The summed E-state index contributed by atoms with van der Waals surface area (Å²) in [6, 6.07) is 4.48. The molecule has 0 aliphatic heterocycles. The molecule has 23 heavy (non-hydrogen) atoms. The molecular formula is C22H34Ti. The summed E-state index contributed by atoms with van der Waals surface area (Å²) in [6.45, 7) is 23.9. The van der Waals surface area contributed by atoms with E-state index >= 15 is 0 Å². The fourth-order valence-electron chi connectivity index (χ4n) is 2.27. The van der Waals surface area contributed by atoms with Crippen molar-refractivity contribution in [1.82, 2.24) is 0 Å². The van der Waals surface area contributed by atoms with E-state index in [9.17, 15) is 0 Å². The van der Waals surface area contributed by atoms with Crippen LogP contribution in [0.5, 0.6) is 0 Å². The Hall–Kier alpha value is -0.846. The molecule has 2 aromatic carbocycles. The zero-order valence-electron chi connectivity index (χ0n) is 16.8. The van der Waals surface area contributed by atoms with Crippen LogP contribution < -0.4 is 0 Å². The third-order valence-corrected chi connectivity index (χ3v) is 4.36. The Balaban J connectivity index is -0.000000277. The summed E-state index contributed by atoms with van der Waals surface area (Å²) in [4.78, 5) is 0. The summed E-state index contributed by atoms with van der Waals surface area (Å²) >= 11 is 0. The van der Waals surface area contributed by atoms with Crippen LogP contribution in [0.15, 0.2) is 18.2 Å². The number of aryl methyl sites for hydroxylation is 4. The Labute approximate surface area is 160 Å². The largest absolute Gasteiger partial charge is 4.00 e. The Morgan fingerprint density at radius 3 is 0.783 bits per heavy atom. The summed E-state index contributed by atoms with van der Waals surface area (Å²) in [5.41, 5.74) is 11.5. The molecule has 1 heteroatoms. The van der Waals surface area contributed by atoms with Crippen molar-refractivity contribution in [3.8, 4) is 0 Å². The van der Waals surface area contributed by atoms with Crippen LogP contribution in [0, 0.1) is 69.4 Å². The summed E-state index contributed by atoms with van der Waals surface area (Å²) in [5, 5.41) is 0. The van der Waals surface area contributed by atoms with Gasteiger partial charge < -0.3 is 14.0 Å². The van der Waals surface area contributed by atoms with Gasteiger partial charge in [0.25, 0.3) is 0 Å². The molecule has 2 aromatic rings. The SMILES string of the molecule is Cc1[cH-]c(C)c(C)c1C.Cc1[cH-]c(C)c(C)c1C.[CH-]=CC.[CH3-].[Ti+4]. The van der Waals surface area contributed by atoms with Gasteiger partial charge in [-0.15, -0.1) is 0 Å². The summed E-state index contributed by atoms with van der Waals surface area (Å²) < 4.78 is 0. The van der Waals surface area contributed by atoms with Gasteiger partial charge in [-0.2, -0.15) is 56.6 Å². The summed E-state index contributed by atoms with van der Waals surface area (Å²) in [5.74, 6) is 0. The molecule has 126 valence electrons. The number of hydrogen-bond donors (Lipinski definition) is 0. The molecule has 0 aliphatic carbocycles. The minimum absolute atomic E-state index is 0. The van der Waals surface area contributed by atoms with E-state index in [1.165, 1.54) is 50.6 Å². The number of rotatable bonds is 0. The van der Waals surface area contributed by atoms with Gasteiger partial charge in [0.05, 0.1) is 0 Å². The van der Waals surface area contributed by atoms with Gasteiger partial charge in [-0.3, -0.25) is 6.08 Å². The Morgan fingerprint density at radius 2 is 0.739 bits per heavy atom. The van der Waals surface area contributed by atoms with Crippen molar-refractivity contribution < 1.29 is 21.7 Å². The van der Waals surface area contributed by atoms with Gasteiger partial charge in [-0.25, -0.2) is 0 Å². The minimum atomic E-state index is 0. The van der Waals surface area contributed by atoms with Crippen LogP contribution in [0.4, 0.5) is 0 Å². The van der Waals surface area contributed by atoms with Gasteiger partial charge in [-0.1, -0.05) is 62.3 Å². The molecule has 0 unspecified atom stereocenters. The third-order valence-electron chi connectivity index (χ3n) is 4.36. The molecule has 0 aliphatic rings. The maximum atomic E-state index is 4.72. The maximum Gasteiger partial charge on any atom is 4.00 e. The molecule has 0 saturated heterocycles. The molecule has 2 rings (SSSR count). The molecule has 0 spiro atoms. The molecule has 0 bridgehead atoms. The molecule has 0 nitrogen and oxygen atoms in total. The predicted molar refractivity (Wildman–Crippen MR) is 103 cm³/mol. The predicted octanol–water partition coefficient (Wildman–Crippen LogP) is 6.72. The van der Waals surface area contributed by atoms with Crippen LogP contribution in [0.3, 0.4) is 0 Å². The van der Waals surface area contributed by atoms with Crippen molar-refractivity contribution in [2.45, 2.75) is 62.3 Å². The average molecular weight is 346 g/mol. The van der Waals surface area contributed by atoms with Gasteiger partial charge in [0.1, 0.15) is 0 Å². The first kappa shape index (κ1) is 27.0. The monoisotopic (exact) mass is 346 g/mol. The van der Waals surface area contributed by atoms with Gasteiger partial charge in [0, 0.05) is 0 Å². The van der Waals surface area contributed by atoms with E-state index in [2.05, 4.69) is 67.5 Å². The van der Waals surface area contributed by atoms with Crippen LogP contribution >= 0.6 is 0 Å². The van der Waals surface area contributed by atoms with Gasteiger partial charge in [0.2, 0.25) is 0 Å². The van der Waals surface area contributed by atoms with Crippen molar-refractivity contribution in [3.63, 3.8) is 0 Å². The smallest absolute Gasteiger partial charge is 0.518 e. The molecule has 0 heterocycles. The van der Waals surface area contributed by atoms with E-state index in [1.807, 2.05) is 0 Å². The first-order valence-corrected chi connectivity index (χ1v) is 7.57. The second kappa shape index (κ2) is 12.6. The topological polar surface area (TPSA) is 0 Å². The van der Waals surface area contributed by atoms with Crippen molar-refractivity contribution in [2.24, 2.45) is 0 Å². The fraction of sp³-hybridized carbons (Fsp3) is 0.409. The quantitative estimate of drug-likeness (QED) is 0.367. The van der Waals surface area contributed by atoms with E-state index in [4.69, 9.17) is 6.58 Å². The summed E-state index contributed by atoms with van der Waals surface area (Å²) in [7, 11) is 0. The number of hydrogen-bond acceptors (Lipinski definition) is 0. The zero-order chi connectivity index (χ0) is 16.7. The average Bonchev–Trinajstić information content (AvgIpc) is 2.77. The zero-order valence-corrected chi connectivity index (χ0v) is 18.4. The Morgan fingerprint density at radius 1 is 0.609 bits per heavy atom. The van der Waals surface area contributed by atoms with E-state index in [1.54, 1.807) is 6.92 Å². The van der Waals surface area contributed by atoms with Crippen LogP contribution in [-0.2, 0) is 21.7 Å². The van der Waals surface area contributed by atoms with Crippen LogP contribution in [0.25, 0.3) is 0 Å². The Bertz CT molecular complexity index is 484. The van der Waals surface area contributed by atoms with Gasteiger partial charge in [-0.05, 0) is 0 Å². The molecule has 0 amide bonds. The first-order chi connectivity index (χ1) is 9.67. The second-order valence-corrected chi connectivity index (χ2v) is 5.85. The summed E-state index contributed by atoms with van der Waals surface area (Å²) in [6.07, 6.45) is 1.50. The third kappa shape index (κ3) is 8.00. The van der Waals surface area contributed by atoms with Gasteiger partial charge >= 0.3 is 21.7 Å². The molecule has 0 fully saturated rings. The van der Waals surface area contributed by atoms with Crippen molar-refractivity contribution in [1.29, 1.82) is 0 Å². The van der Waals surface area contributed by atoms with Crippen molar-refractivity contribution in [3.05, 3.63) is 76.7 Å². The van der Waals surface area contributed by atoms with E-state index in [0.29, 0.717) is 0 Å². The normalized spacial score (nSPS) is 8.57. The maximum absolute atomic E-state index is 4.72. The standard InChI is InChI=1S/2C9H13.C3H5.CH3.Ti/c2*1-6-5-7(2)9(4)8(6)3;1-3-2;;/h2*5H,1-4H3;1,3H,2H3;1H3;/q4*-1;+4. The molecular weight excluding hydrogens is 312 g/mol. The molecule has 0 saturated carbocycles. The van der Waals surface area contributed by atoms with Crippen molar-refractivity contribution >= 4 is 0 Å². The second-order valence-electron chi connectivity index (χ2n) is 5.85.